The van der Waals surface area contributed by atoms with Gasteiger partial charge in [-0.3, -0.25) is 0 Å². The molecule has 0 aromatic carbocycles. The summed E-state index contributed by atoms with van der Waals surface area (Å²) in [5, 5.41) is 0. The van der Waals surface area contributed by atoms with E-state index in [4.69, 9.17) is 45.9 Å². The zero-order valence-electron chi connectivity index (χ0n) is 5.17. The first-order chi connectivity index (χ1) is 4.04. The van der Waals surface area contributed by atoms with E-state index in [1.165, 1.54) is 0 Å². The minimum atomic E-state index is -5.19. The number of rotatable bonds is 3. The van der Waals surface area contributed by atoms with Crippen LogP contribution in [0.3, 0.4) is 0 Å². The van der Waals surface area contributed by atoms with Gasteiger partial charge in [-0.15, -0.1) is 0 Å². The molecule has 0 saturated carbocycles. The van der Waals surface area contributed by atoms with Gasteiger partial charge in [-0.2, -0.15) is 0 Å². The minimum absolute atomic E-state index is 0.266. The first kappa shape index (κ1) is 12.2. The average Bonchev–Trinajstić information content (AvgIpc) is 1.55. The van der Waals surface area contributed by atoms with E-state index in [0.717, 1.165) is 0 Å². The van der Waals surface area contributed by atoms with Crippen molar-refractivity contribution in [1.82, 2.24) is 0 Å². The molecule has 0 heterocycles. The SMILES string of the molecule is [CH2]CC[CH2][Ta]([Cl])([Cl])([Cl])([Cl])[Cl]. The van der Waals surface area contributed by atoms with E-state index in [0.29, 0.717) is 12.8 Å². The third kappa shape index (κ3) is 10.2. The van der Waals surface area contributed by atoms with Gasteiger partial charge in [0.05, 0.1) is 0 Å². The molecule has 0 bridgehead atoms. The molecule has 0 aliphatic heterocycles. The molecule has 10 heavy (non-hydrogen) atoms. The van der Waals surface area contributed by atoms with Crippen molar-refractivity contribution >= 4 is 45.9 Å². The fourth-order valence-electron chi connectivity index (χ4n) is 0.411. The maximum absolute atomic E-state index is 5.66. The van der Waals surface area contributed by atoms with Gasteiger partial charge in [0.1, 0.15) is 0 Å². The van der Waals surface area contributed by atoms with Crippen LogP contribution in [0.15, 0.2) is 0 Å². The normalized spacial score (nSPS) is 19.8. The van der Waals surface area contributed by atoms with Crippen molar-refractivity contribution in [3.8, 4) is 0 Å². The number of hydrogen-bond donors (Lipinski definition) is 0. The van der Waals surface area contributed by atoms with Gasteiger partial charge in [0, 0.05) is 0 Å². The Morgan fingerprint density at radius 3 is 1.50 bits per heavy atom. The van der Waals surface area contributed by atoms with Crippen LogP contribution in [0, 0.1) is 6.92 Å². The van der Waals surface area contributed by atoms with Crippen LogP contribution in [0.4, 0.5) is 0 Å². The Kier molecular flexibility index (Phi) is 3.47. The first-order valence-electron chi connectivity index (χ1n) is 2.66. The molecule has 0 saturated heterocycles. The van der Waals surface area contributed by atoms with Crippen molar-refractivity contribution < 1.29 is 9.10 Å². The second-order valence-corrected chi connectivity index (χ2v) is 64.3. The molecule has 0 unspecified atom stereocenters. The van der Waals surface area contributed by atoms with Gasteiger partial charge in [-0.1, -0.05) is 0 Å². The van der Waals surface area contributed by atoms with Crippen molar-refractivity contribution in [1.29, 1.82) is 0 Å². The molecule has 0 atom stereocenters. The van der Waals surface area contributed by atoms with Gasteiger partial charge in [0.2, 0.25) is 0 Å². The van der Waals surface area contributed by atoms with Gasteiger partial charge in [0.25, 0.3) is 0 Å². The summed E-state index contributed by atoms with van der Waals surface area (Å²) in [6, 6.07) is 0. The molecular weight excluding hydrogens is 406 g/mol. The molecule has 1 radical (unpaired) electrons. The fourth-order valence-corrected chi connectivity index (χ4v) is 8.25. The van der Waals surface area contributed by atoms with Crippen LogP contribution >= 0.6 is 45.9 Å². The molecule has 0 amide bonds. The summed E-state index contributed by atoms with van der Waals surface area (Å²) in [5.41, 5.74) is 0. The van der Waals surface area contributed by atoms with Crippen molar-refractivity contribution in [2.75, 3.05) is 0 Å². The molecule has 0 fully saturated rings. The molecule has 0 N–H and O–H groups in total. The summed E-state index contributed by atoms with van der Waals surface area (Å²) in [6.45, 7) is 3.59. The standard InChI is InChI=1S/C4H8.5ClH.Ta/c1-3-4-2;;;;;;/h1-4H2;5*1H;/q;;;;;;+5/p-5. The Balaban J connectivity index is 4.13. The van der Waals surface area contributed by atoms with Gasteiger partial charge in [-0.05, 0) is 0 Å². The summed E-state index contributed by atoms with van der Waals surface area (Å²) in [5.74, 6) is 0. The summed E-state index contributed by atoms with van der Waals surface area (Å²) < 4.78 is 0.266. The predicted octanol–water partition coefficient (Wildman–Crippen LogP) is 5.01. The average molecular weight is 414 g/mol. The van der Waals surface area contributed by atoms with E-state index in [9.17, 15) is 0 Å². The van der Waals surface area contributed by atoms with Crippen LogP contribution < -0.4 is 0 Å². The molecule has 0 rings (SSSR count). The summed E-state index contributed by atoms with van der Waals surface area (Å²) in [6.07, 6.45) is 1.34. The monoisotopic (exact) mass is 412 g/mol. The van der Waals surface area contributed by atoms with Gasteiger partial charge in [0.15, 0.2) is 0 Å². The molecule has 0 spiro atoms. The van der Waals surface area contributed by atoms with E-state index in [-0.39, 0.29) is 4.64 Å². The molecular formula is C4H8Cl5Ta. The van der Waals surface area contributed by atoms with E-state index in [1.807, 2.05) is 0 Å². The van der Waals surface area contributed by atoms with E-state index < -0.39 is 9.10 Å². The zero-order chi connectivity index (χ0) is 8.53. The Morgan fingerprint density at radius 2 is 1.40 bits per heavy atom. The first-order valence-corrected chi connectivity index (χ1v) is 24.8. The van der Waals surface area contributed by atoms with Crippen LogP contribution in [0.2, 0.25) is 4.64 Å². The molecule has 0 aliphatic carbocycles. The van der Waals surface area contributed by atoms with E-state index >= 15 is 0 Å². The molecule has 0 nitrogen and oxygen atoms in total. The van der Waals surface area contributed by atoms with Crippen molar-refractivity contribution in [2.24, 2.45) is 0 Å². The second-order valence-electron chi connectivity index (χ2n) is 2.17. The third-order valence-electron chi connectivity index (χ3n) is 0.831. The summed E-state index contributed by atoms with van der Waals surface area (Å²) in [7, 11) is 23.1. The predicted molar refractivity (Wildman–Crippen MR) is 48.7 cm³/mol. The molecule has 0 aromatic rings. The summed E-state index contributed by atoms with van der Waals surface area (Å²) >= 11 is 0. The quantitative estimate of drug-likeness (QED) is 0.609. The number of unbranched alkanes of at least 4 members (excludes halogenated alkanes) is 1. The van der Waals surface area contributed by atoms with Crippen molar-refractivity contribution in [3.63, 3.8) is 0 Å². The van der Waals surface area contributed by atoms with E-state index in [1.54, 1.807) is 0 Å². The van der Waals surface area contributed by atoms with Crippen LogP contribution in [0.1, 0.15) is 12.8 Å². The van der Waals surface area contributed by atoms with Gasteiger partial charge < -0.3 is 0 Å². The summed E-state index contributed by atoms with van der Waals surface area (Å²) in [4.78, 5) is 0. The van der Waals surface area contributed by atoms with E-state index in [2.05, 4.69) is 6.92 Å². The third-order valence-corrected chi connectivity index (χ3v) is 11.9. The molecule has 6 heteroatoms. The number of hydrogen-bond acceptors (Lipinski definition) is 0. The van der Waals surface area contributed by atoms with Crippen molar-refractivity contribution in [2.45, 2.75) is 17.5 Å². The molecule has 64 valence electrons. The topological polar surface area (TPSA) is 0 Å². The Morgan fingerprint density at radius 1 is 1.00 bits per heavy atom. The Labute approximate surface area is 78.6 Å². The van der Waals surface area contributed by atoms with Gasteiger partial charge in [-0.25, -0.2) is 0 Å². The van der Waals surface area contributed by atoms with Crippen molar-refractivity contribution in [3.05, 3.63) is 6.92 Å². The van der Waals surface area contributed by atoms with Crippen LogP contribution in [0.5, 0.6) is 0 Å². The second kappa shape index (κ2) is 2.85. The van der Waals surface area contributed by atoms with Crippen LogP contribution in [-0.2, 0) is 9.10 Å². The number of halogens is 5. The zero-order valence-corrected chi connectivity index (χ0v) is 12.2. The Bertz CT molecular complexity index is 119. The Hall–Kier alpha value is 2.19. The molecule has 0 aliphatic rings. The van der Waals surface area contributed by atoms with Crippen LogP contribution in [-0.4, -0.2) is 0 Å². The van der Waals surface area contributed by atoms with Crippen LogP contribution in [0.25, 0.3) is 0 Å². The molecule has 0 aromatic heterocycles. The maximum atomic E-state index is 5.66. The van der Waals surface area contributed by atoms with Gasteiger partial charge >= 0.3 is 79.4 Å². The fraction of sp³-hybridized carbons (Fsp3) is 0.750.